The van der Waals surface area contributed by atoms with Gasteiger partial charge < -0.3 is 20.4 Å². The quantitative estimate of drug-likeness (QED) is 0.245. The number of para-hydroxylation sites is 1. The summed E-state index contributed by atoms with van der Waals surface area (Å²) in [5.74, 6) is -1.26. The number of rotatable bonds is 10. The zero-order valence-corrected chi connectivity index (χ0v) is 23.5. The van der Waals surface area contributed by atoms with Crippen LogP contribution in [-0.4, -0.2) is 42.0 Å². The fourth-order valence-corrected chi connectivity index (χ4v) is 4.73. The number of carbonyl (C=O) groups is 3. The van der Waals surface area contributed by atoms with Crippen molar-refractivity contribution >= 4 is 28.7 Å². The van der Waals surface area contributed by atoms with Crippen molar-refractivity contribution in [2.45, 2.75) is 52.0 Å². The number of H-pyrrole nitrogens is 1. The highest BCUT2D eigenvalue weighted by Gasteiger charge is 2.24. The van der Waals surface area contributed by atoms with Gasteiger partial charge in [-0.2, -0.15) is 0 Å². The molecule has 3 aromatic carbocycles. The average molecular weight is 540 g/mol. The summed E-state index contributed by atoms with van der Waals surface area (Å²) in [7, 11) is 0. The molecule has 0 spiro atoms. The van der Waals surface area contributed by atoms with Crippen LogP contribution in [0.25, 0.3) is 22.2 Å². The summed E-state index contributed by atoms with van der Waals surface area (Å²) in [5.41, 5.74) is 5.82. The Hall–Kier alpha value is -4.39. The van der Waals surface area contributed by atoms with Crippen molar-refractivity contribution in [1.82, 2.24) is 15.6 Å². The Labute approximate surface area is 235 Å². The number of amides is 2. The normalized spacial score (nSPS) is 12.1. The van der Waals surface area contributed by atoms with E-state index in [2.05, 4.69) is 60.7 Å². The number of esters is 1. The first-order valence-corrected chi connectivity index (χ1v) is 13.6. The van der Waals surface area contributed by atoms with Crippen LogP contribution < -0.4 is 10.6 Å². The molecule has 1 atom stereocenters. The summed E-state index contributed by atoms with van der Waals surface area (Å²) in [6.07, 6.45) is 0.368. The molecule has 1 aromatic heterocycles. The first kappa shape index (κ1) is 28.6. The van der Waals surface area contributed by atoms with Crippen LogP contribution in [-0.2, 0) is 37.4 Å². The fourth-order valence-electron chi connectivity index (χ4n) is 4.73. The number of ether oxygens (including phenoxy) is 1. The van der Waals surface area contributed by atoms with E-state index in [-0.39, 0.29) is 37.3 Å². The van der Waals surface area contributed by atoms with E-state index in [1.165, 1.54) is 5.56 Å². The molecule has 7 nitrogen and oxygen atoms in total. The summed E-state index contributed by atoms with van der Waals surface area (Å²) in [6.45, 7) is 8.20. The standard InChI is InChI=1S/C33H37N3O4/c1-5-40-30(38)21-34-32(39)28(19-22-11-7-6-8-12-22)35-29(37)20-26-25-13-9-10-14-27(25)36-31(26)23-15-17-24(18-16-23)33(2,3)4/h6-18,28,36H,5,19-21H2,1-4H3,(H,34,39)(H,35,37)/t28-/m0/s1. The average Bonchev–Trinajstić information content (AvgIpc) is 3.30. The van der Waals surface area contributed by atoms with Gasteiger partial charge in [-0.3, -0.25) is 14.4 Å². The van der Waals surface area contributed by atoms with Crippen molar-refractivity contribution in [3.8, 4) is 11.3 Å². The van der Waals surface area contributed by atoms with Gasteiger partial charge in [-0.25, -0.2) is 0 Å². The molecule has 3 N–H and O–H groups in total. The third-order valence-electron chi connectivity index (χ3n) is 6.84. The van der Waals surface area contributed by atoms with Gasteiger partial charge in [0.15, 0.2) is 0 Å². The maximum Gasteiger partial charge on any atom is 0.325 e. The molecular formula is C33H37N3O4. The van der Waals surface area contributed by atoms with Gasteiger partial charge in [0.05, 0.1) is 18.7 Å². The van der Waals surface area contributed by atoms with E-state index in [1.807, 2.05) is 54.6 Å². The molecule has 7 heteroatoms. The molecule has 0 saturated carbocycles. The third-order valence-corrected chi connectivity index (χ3v) is 6.84. The lowest BCUT2D eigenvalue weighted by atomic mass is 9.86. The van der Waals surface area contributed by atoms with Crippen molar-refractivity contribution < 1.29 is 19.1 Å². The van der Waals surface area contributed by atoms with Crippen LogP contribution in [0.2, 0.25) is 0 Å². The molecule has 0 unspecified atom stereocenters. The summed E-state index contributed by atoms with van der Waals surface area (Å²) >= 11 is 0. The molecule has 0 aliphatic carbocycles. The van der Waals surface area contributed by atoms with Gasteiger partial charge in [-0.15, -0.1) is 0 Å². The van der Waals surface area contributed by atoms with Gasteiger partial charge in [0.1, 0.15) is 12.6 Å². The topological polar surface area (TPSA) is 100 Å². The van der Waals surface area contributed by atoms with Crippen LogP contribution in [0.15, 0.2) is 78.9 Å². The van der Waals surface area contributed by atoms with Crippen LogP contribution in [0.4, 0.5) is 0 Å². The van der Waals surface area contributed by atoms with Crippen molar-refractivity contribution in [1.29, 1.82) is 0 Å². The SMILES string of the molecule is CCOC(=O)CNC(=O)[C@H](Cc1ccccc1)NC(=O)Cc1c(-c2ccc(C(C)(C)C)cc2)[nH]c2ccccc12. The number of hydrogen-bond acceptors (Lipinski definition) is 4. The van der Waals surface area contributed by atoms with E-state index in [4.69, 9.17) is 4.74 Å². The second kappa shape index (κ2) is 12.6. The largest absolute Gasteiger partial charge is 0.465 e. The molecule has 0 aliphatic heterocycles. The van der Waals surface area contributed by atoms with Crippen LogP contribution in [0, 0.1) is 0 Å². The molecule has 0 radical (unpaired) electrons. The Morgan fingerprint density at radius 2 is 1.57 bits per heavy atom. The number of fused-ring (bicyclic) bond motifs is 1. The number of aromatic nitrogens is 1. The molecule has 0 saturated heterocycles. The van der Waals surface area contributed by atoms with Gasteiger partial charge >= 0.3 is 5.97 Å². The highest BCUT2D eigenvalue weighted by molar-refractivity contribution is 5.96. The van der Waals surface area contributed by atoms with E-state index in [0.717, 1.165) is 33.3 Å². The van der Waals surface area contributed by atoms with Gasteiger partial charge in [0, 0.05) is 17.3 Å². The molecular weight excluding hydrogens is 502 g/mol. The van der Waals surface area contributed by atoms with E-state index in [0.29, 0.717) is 0 Å². The highest BCUT2D eigenvalue weighted by atomic mass is 16.5. The Morgan fingerprint density at radius 3 is 2.25 bits per heavy atom. The lowest BCUT2D eigenvalue weighted by molar-refractivity contribution is -0.143. The molecule has 0 fully saturated rings. The fraction of sp³-hybridized carbons (Fsp3) is 0.303. The number of nitrogens with one attached hydrogen (secondary N) is 3. The van der Waals surface area contributed by atoms with Crippen molar-refractivity contribution in [2.75, 3.05) is 13.2 Å². The van der Waals surface area contributed by atoms with E-state index in [9.17, 15) is 14.4 Å². The Morgan fingerprint density at radius 1 is 0.900 bits per heavy atom. The molecule has 4 rings (SSSR count). The second-order valence-corrected chi connectivity index (χ2v) is 10.9. The monoisotopic (exact) mass is 539 g/mol. The van der Waals surface area contributed by atoms with Gasteiger partial charge in [-0.05, 0) is 40.7 Å². The molecule has 4 aromatic rings. The summed E-state index contributed by atoms with van der Waals surface area (Å²) in [4.78, 5) is 41.8. The minimum atomic E-state index is -0.857. The number of aromatic amines is 1. The van der Waals surface area contributed by atoms with Crippen LogP contribution in [0.3, 0.4) is 0 Å². The first-order valence-electron chi connectivity index (χ1n) is 13.6. The molecule has 1 heterocycles. The van der Waals surface area contributed by atoms with Crippen LogP contribution in [0.5, 0.6) is 0 Å². The van der Waals surface area contributed by atoms with E-state index >= 15 is 0 Å². The molecule has 0 bridgehead atoms. The maximum absolute atomic E-state index is 13.5. The number of benzene rings is 3. The van der Waals surface area contributed by atoms with E-state index < -0.39 is 17.9 Å². The molecule has 2 amide bonds. The minimum Gasteiger partial charge on any atom is -0.465 e. The predicted molar refractivity (Wildman–Crippen MR) is 158 cm³/mol. The summed E-state index contributed by atoms with van der Waals surface area (Å²) in [5, 5.41) is 6.47. The molecule has 40 heavy (non-hydrogen) atoms. The van der Waals surface area contributed by atoms with Gasteiger partial charge in [0.25, 0.3) is 0 Å². The van der Waals surface area contributed by atoms with Crippen molar-refractivity contribution in [3.63, 3.8) is 0 Å². The Kier molecular flexibility index (Phi) is 9.04. The Balaban J connectivity index is 1.58. The second-order valence-electron chi connectivity index (χ2n) is 10.9. The number of carbonyl (C=O) groups excluding carboxylic acids is 3. The minimum absolute atomic E-state index is 0.0311. The van der Waals surface area contributed by atoms with E-state index in [1.54, 1.807) is 6.92 Å². The zero-order valence-electron chi connectivity index (χ0n) is 23.5. The third kappa shape index (κ3) is 7.17. The first-order chi connectivity index (χ1) is 19.2. The molecule has 0 aliphatic rings. The van der Waals surface area contributed by atoms with Gasteiger partial charge in [-0.1, -0.05) is 93.6 Å². The zero-order chi connectivity index (χ0) is 28.7. The van der Waals surface area contributed by atoms with Crippen LogP contribution >= 0.6 is 0 Å². The molecule has 208 valence electrons. The lowest BCUT2D eigenvalue weighted by Gasteiger charge is -2.19. The number of hydrogen-bond donors (Lipinski definition) is 3. The van der Waals surface area contributed by atoms with Crippen molar-refractivity contribution in [2.24, 2.45) is 0 Å². The smallest absolute Gasteiger partial charge is 0.325 e. The lowest BCUT2D eigenvalue weighted by Crippen LogP contribution is -2.49. The van der Waals surface area contributed by atoms with Crippen molar-refractivity contribution in [3.05, 3.63) is 95.6 Å². The highest BCUT2D eigenvalue weighted by Crippen LogP contribution is 2.32. The van der Waals surface area contributed by atoms with Crippen LogP contribution in [0.1, 0.15) is 44.4 Å². The predicted octanol–water partition coefficient (Wildman–Crippen LogP) is 5.08. The summed E-state index contributed by atoms with van der Waals surface area (Å²) < 4.78 is 4.92. The van der Waals surface area contributed by atoms with Gasteiger partial charge in [0.2, 0.25) is 11.8 Å². The Bertz CT molecular complexity index is 1470. The maximum atomic E-state index is 13.5. The summed E-state index contributed by atoms with van der Waals surface area (Å²) in [6, 6.07) is 24.9.